The second-order valence-electron chi connectivity index (χ2n) is 5.42. The van der Waals surface area contributed by atoms with Crippen LogP contribution in [0.15, 0.2) is 47.5 Å². The molecule has 134 valence electrons. The number of aliphatic imine (C=N–C) groups is 1. The summed E-state index contributed by atoms with van der Waals surface area (Å²) in [6.45, 7) is 1.61. The quantitative estimate of drug-likeness (QED) is 0.412. The van der Waals surface area contributed by atoms with Crippen molar-refractivity contribution in [3.63, 3.8) is 0 Å². The highest BCUT2D eigenvalue weighted by molar-refractivity contribution is 14.0. The summed E-state index contributed by atoms with van der Waals surface area (Å²) >= 11 is 0. The molecule has 0 bridgehead atoms. The molecule has 0 saturated carbocycles. The van der Waals surface area contributed by atoms with E-state index in [0.29, 0.717) is 12.5 Å². The van der Waals surface area contributed by atoms with Gasteiger partial charge in [-0.1, -0.05) is 18.2 Å². The van der Waals surface area contributed by atoms with Crippen LogP contribution >= 0.6 is 24.0 Å². The maximum absolute atomic E-state index is 12.9. The Morgan fingerprint density at radius 1 is 1.04 bits per heavy atom. The van der Waals surface area contributed by atoms with E-state index in [4.69, 9.17) is 9.47 Å². The van der Waals surface area contributed by atoms with Crippen molar-refractivity contribution in [1.82, 2.24) is 10.6 Å². The topological polar surface area (TPSA) is 54.9 Å². The Morgan fingerprint density at radius 3 is 2.52 bits per heavy atom. The molecule has 7 heteroatoms. The van der Waals surface area contributed by atoms with E-state index >= 15 is 0 Å². The highest BCUT2D eigenvalue weighted by Crippen LogP contribution is 2.32. The van der Waals surface area contributed by atoms with Gasteiger partial charge in [0.1, 0.15) is 5.82 Å². The van der Waals surface area contributed by atoms with Crippen molar-refractivity contribution in [2.24, 2.45) is 4.99 Å². The van der Waals surface area contributed by atoms with Crippen molar-refractivity contribution >= 4 is 29.9 Å². The summed E-state index contributed by atoms with van der Waals surface area (Å²) in [5, 5.41) is 6.46. The van der Waals surface area contributed by atoms with E-state index < -0.39 is 0 Å². The van der Waals surface area contributed by atoms with Crippen LogP contribution in [-0.4, -0.2) is 26.3 Å². The number of hydrogen-bond donors (Lipinski definition) is 2. The Balaban J connectivity index is 0.00000225. The average Bonchev–Trinajstić information content (AvgIpc) is 3.07. The van der Waals surface area contributed by atoms with Crippen LogP contribution in [0, 0.1) is 5.82 Å². The predicted octanol–water partition coefficient (Wildman–Crippen LogP) is 3.08. The number of fused-ring (bicyclic) bond motifs is 1. The molecule has 1 aliphatic heterocycles. The first kappa shape index (κ1) is 19.3. The fourth-order valence-corrected chi connectivity index (χ4v) is 2.43. The first-order valence-electron chi connectivity index (χ1n) is 7.82. The van der Waals surface area contributed by atoms with Crippen LogP contribution < -0.4 is 20.1 Å². The SMILES string of the molecule is CN=C(NCCc1ccc2c(c1)OCO2)NCc1ccc(F)cc1.I. The molecule has 0 aliphatic carbocycles. The van der Waals surface area contributed by atoms with E-state index in [-0.39, 0.29) is 36.6 Å². The molecule has 3 rings (SSSR count). The van der Waals surface area contributed by atoms with Gasteiger partial charge in [-0.2, -0.15) is 0 Å². The summed E-state index contributed by atoms with van der Waals surface area (Å²) in [7, 11) is 1.72. The third kappa shape index (κ3) is 5.48. The van der Waals surface area contributed by atoms with Crippen molar-refractivity contribution in [1.29, 1.82) is 0 Å². The van der Waals surface area contributed by atoms with Crippen LogP contribution in [0.1, 0.15) is 11.1 Å². The van der Waals surface area contributed by atoms with Gasteiger partial charge in [0.25, 0.3) is 0 Å². The van der Waals surface area contributed by atoms with Gasteiger partial charge < -0.3 is 20.1 Å². The Morgan fingerprint density at radius 2 is 1.76 bits per heavy atom. The van der Waals surface area contributed by atoms with E-state index in [1.165, 1.54) is 17.7 Å². The second kappa shape index (κ2) is 9.45. The molecule has 1 heterocycles. The van der Waals surface area contributed by atoms with Gasteiger partial charge in [0.15, 0.2) is 17.5 Å². The lowest BCUT2D eigenvalue weighted by Gasteiger charge is -2.12. The summed E-state index contributed by atoms with van der Waals surface area (Å²) in [6.07, 6.45) is 0.841. The molecule has 0 spiro atoms. The van der Waals surface area contributed by atoms with Crippen molar-refractivity contribution in [3.8, 4) is 11.5 Å². The van der Waals surface area contributed by atoms with E-state index in [2.05, 4.69) is 15.6 Å². The van der Waals surface area contributed by atoms with Gasteiger partial charge in [-0.15, -0.1) is 24.0 Å². The molecular weight excluding hydrogens is 436 g/mol. The smallest absolute Gasteiger partial charge is 0.231 e. The zero-order valence-electron chi connectivity index (χ0n) is 13.9. The maximum atomic E-state index is 12.9. The number of benzene rings is 2. The minimum absolute atomic E-state index is 0. The van der Waals surface area contributed by atoms with Gasteiger partial charge in [-0.3, -0.25) is 4.99 Å². The Hall–Kier alpha value is -2.03. The molecule has 2 aromatic rings. The van der Waals surface area contributed by atoms with Crippen LogP contribution in [0.3, 0.4) is 0 Å². The van der Waals surface area contributed by atoms with Crippen LogP contribution in [0.5, 0.6) is 11.5 Å². The number of ether oxygens (including phenoxy) is 2. The molecule has 0 atom stereocenters. The van der Waals surface area contributed by atoms with E-state index in [1.54, 1.807) is 19.2 Å². The third-order valence-electron chi connectivity index (χ3n) is 3.74. The fourth-order valence-electron chi connectivity index (χ4n) is 2.43. The average molecular weight is 457 g/mol. The van der Waals surface area contributed by atoms with E-state index in [0.717, 1.165) is 30.0 Å². The van der Waals surface area contributed by atoms with Gasteiger partial charge in [0, 0.05) is 20.1 Å². The molecule has 0 saturated heterocycles. The largest absolute Gasteiger partial charge is 0.454 e. The van der Waals surface area contributed by atoms with Gasteiger partial charge in [0.2, 0.25) is 6.79 Å². The molecule has 1 aliphatic rings. The number of hydrogen-bond acceptors (Lipinski definition) is 3. The first-order chi connectivity index (χ1) is 11.7. The summed E-state index contributed by atoms with van der Waals surface area (Å²) in [5.74, 6) is 2.07. The standard InChI is InChI=1S/C18H20FN3O2.HI/c1-20-18(22-11-14-2-5-15(19)6-3-14)21-9-8-13-4-7-16-17(10-13)24-12-23-16;/h2-7,10H,8-9,11-12H2,1H3,(H2,20,21,22);1H. The van der Waals surface area contributed by atoms with Gasteiger partial charge in [-0.25, -0.2) is 4.39 Å². The Labute approximate surface area is 163 Å². The lowest BCUT2D eigenvalue weighted by molar-refractivity contribution is 0.174. The number of guanidine groups is 1. The molecular formula is C18H21FIN3O2. The third-order valence-corrected chi connectivity index (χ3v) is 3.74. The zero-order valence-corrected chi connectivity index (χ0v) is 16.3. The summed E-state index contributed by atoms with van der Waals surface area (Å²) in [5.41, 5.74) is 2.16. The van der Waals surface area contributed by atoms with Crippen molar-refractivity contribution in [2.75, 3.05) is 20.4 Å². The highest BCUT2D eigenvalue weighted by Gasteiger charge is 2.12. The van der Waals surface area contributed by atoms with Crippen LogP contribution in [0.25, 0.3) is 0 Å². The van der Waals surface area contributed by atoms with Crippen molar-refractivity contribution < 1.29 is 13.9 Å². The molecule has 0 amide bonds. The number of rotatable bonds is 5. The predicted molar refractivity (Wildman–Crippen MR) is 106 cm³/mol. The van der Waals surface area contributed by atoms with Gasteiger partial charge in [-0.05, 0) is 41.8 Å². The summed E-state index contributed by atoms with van der Waals surface area (Å²) in [6, 6.07) is 12.4. The lowest BCUT2D eigenvalue weighted by atomic mass is 10.1. The van der Waals surface area contributed by atoms with Gasteiger partial charge in [0.05, 0.1) is 0 Å². The lowest BCUT2D eigenvalue weighted by Crippen LogP contribution is -2.37. The number of halogens is 2. The van der Waals surface area contributed by atoms with Crippen LogP contribution in [0.4, 0.5) is 4.39 Å². The molecule has 0 fully saturated rings. The first-order valence-corrected chi connectivity index (χ1v) is 7.82. The molecule has 0 radical (unpaired) electrons. The molecule has 25 heavy (non-hydrogen) atoms. The molecule has 2 N–H and O–H groups in total. The number of nitrogens with one attached hydrogen (secondary N) is 2. The van der Waals surface area contributed by atoms with Crippen molar-refractivity contribution in [3.05, 3.63) is 59.4 Å². The van der Waals surface area contributed by atoms with Crippen LogP contribution in [-0.2, 0) is 13.0 Å². The molecule has 5 nitrogen and oxygen atoms in total. The summed E-state index contributed by atoms with van der Waals surface area (Å²) < 4.78 is 23.6. The normalized spacial score (nSPS) is 12.5. The molecule has 2 aromatic carbocycles. The highest BCUT2D eigenvalue weighted by atomic mass is 127. The van der Waals surface area contributed by atoms with E-state index in [9.17, 15) is 4.39 Å². The minimum Gasteiger partial charge on any atom is -0.454 e. The molecule has 0 aromatic heterocycles. The van der Waals surface area contributed by atoms with Crippen molar-refractivity contribution in [2.45, 2.75) is 13.0 Å². The molecule has 0 unspecified atom stereocenters. The number of nitrogens with zero attached hydrogens (tertiary/aromatic N) is 1. The van der Waals surface area contributed by atoms with E-state index in [1.807, 2.05) is 18.2 Å². The fraction of sp³-hybridized carbons (Fsp3) is 0.278. The van der Waals surface area contributed by atoms with Gasteiger partial charge >= 0.3 is 0 Å². The van der Waals surface area contributed by atoms with Crippen LogP contribution in [0.2, 0.25) is 0 Å². The zero-order chi connectivity index (χ0) is 16.8. The summed E-state index contributed by atoms with van der Waals surface area (Å²) in [4.78, 5) is 4.19. The Bertz CT molecular complexity index is 723. The monoisotopic (exact) mass is 457 g/mol. The maximum Gasteiger partial charge on any atom is 0.231 e. The Kier molecular flexibility index (Phi) is 7.30. The minimum atomic E-state index is -0.231. The second-order valence-corrected chi connectivity index (χ2v) is 5.42.